The number of anilines is 1. The van der Waals surface area contributed by atoms with Crippen LogP contribution in [-0.4, -0.2) is 54.4 Å². The molecule has 0 atom stereocenters. The van der Waals surface area contributed by atoms with Crippen molar-refractivity contribution in [3.05, 3.63) is 40.1 Å². The molecular formula is C18H24ClN4S+. The Balaban J connectivity index is 1.71. The van der Waals surface area contributed by atoms with E-state index in [1.165, 1.54) is 15.4 Å². The van der Waals surface area contributed by atoms with Crippen LogP contribution in [0, 0.1) is 6.92 Å². The zero-order valence-corrected chi connectivity index (χ0v) is 15.9. The van der Waals surface area contributed by atoms with Crippen LogP contribution in [0.1, 0.15) is 23.3 Å². The van der Waals surface area contributed by atoms with Gasteiger partial charge < -0.3 is 14.7 Å². The molecule has 24 heavy (non-hydrogen) atoms. The molecule has 3 aliphatic rings. The molecule has 1 saturated heterocycles. The van der Waals surface area contributed by atoms with Crippen LogP contribution in [0.15, 0.2) is 34.6 Å². The number of rotatable bonds is 1. The van der Waals surface area contributed by atoms with Gasteiger partial charge in [0.05, 0.1) is 50.2 Å². The Morgan fingerprint density at radius 3 is 2.79 bits per heavy atom. The number of hydrogen-bond donors (Lipinski definition) is 1. The third-order valence-electron chi connectivity index (χ3n) is 5.11. The minimum atomic E-state index is 0.683. The number of piperazine rings is 1. The summed E-state index contributed by atoms with van der Waals surface area (Å²) in [5, 5.41) is 4.85. The first-order valence-electron chi connectivity index (χ1n) is 8.60. The number of fused-ring (bicyclic) bond motifs is 2. The van der Waals surface area contributed by atoms with Crippen molar-refractivity contribution in [3.8, 4) is 0 Å². The summed E-state index contributed by atoms with van der Waals surface area (Å²) in [5.41, 5.74) is 3.51. The largest absolute Gasteiger partial charge is 0.345 e. The minimum absolute atomic E-state index is 0.683. The molecule has 0 radical (unpaired) electrons. The highest BCUT2D eigenvalue weighted by Crippen LogP contribution is 2.36. The van der Waals surface area contributed by atoms with E-state index in [2.05, 4.69) is 42.4 Å². The molecule has 2 aliphatic heterocycles. The van der Waals surface area contributed by atoms with Crippen molar-refractivity contribution in [1.29, 1.82) is 0 Å². The third-order valence-corrected chi connectivity index (χ3v) is 6.65. The second-order valence-electron chi connectivity index (χ2n) is 7.12. The fraction of sp³-hybridized carbons (Fsp3) is 0.500. The van der Waals surface area contributed by atoms with Gasteiger partial charge in [0.2, 0.25) is 0 Å². The quantitative estimate of drug-likeness (QED) is 0.467. The summed E-state index contributed by atoms with van der Waals surface area (Å²) in [6, 6.07) is 2.96. The molecule has 0 unspecified atom stereocenters. The fourth-order valence-electron chi connectivity index (χ4n) is 3.47. The number of quaternary nitrogens is 1. The van der Waals surface area contributed by atoms with Crippen LogP contribution in [-0.2, 0) is 0 Å². The smallest absolute Gasteiger partial charge is 0.154 e. The van der Waals surface area contributed by atoms with Crippen LogP contribution >= 0.6 is 22.9 Å². The molecule has 1 aromatic heterocycles. The van der Waals surface area contributed by atoms with Gasteiger partial charge in [0.25, 0.3) is 0 Å². The second kappa shape index (κ2) is 6.21. The van der Waals surface area contributed by atoms with E-state index in [9.17, 15) is 0 Å². The van der Waals surface area contributed by atoms with Gasteiger partial charge in [0, 0.05) is 4.88 Å². The van der Waals surface area contributed by atoms with Crippen molar-refractivity contribution in [2.45, 2.75) is 19.8 Å². The SMILES string of the molecule is Cc1cc2c(s1)NC1=CCCC=C1N=C2N1CC[N+](C)(CCl)CC1. The van der Waals surface area contributed by atoms with Crippen LogP contribution in [0.25, 0.3) is 0 Å². The van der Waals surface area contributed by atoms with E-state index < -0.39 is 0 Å². The predicted molar refractivity (Wildman–Crippen MR) is 103 cm³/mol. The summed E-state index contributed by atoms with van der Waals surface area (Å²) in [6.45, 7) is 6.31. The van der Waals surface area contributed by atoms with Crippen LogP contribution in [0.4, 0.5) is 5.00 Å². The molecule has 0 spiro atoms. The number of nitrogens with one attached hydrogen (secondary N) is 1. The standard InChI is InChI=1S/C18H24ClN4S/c1-13-11-14-17(22-7-9-23(2,12-19)10-8-22)20-15-5-3-4-6-16(15)21-18(14)24-13/h5-6,11,21H,3-4,7-10,12H2,1-2H3/q+1. The number of thiophene rings is 1. The Morgan fingerprint density at radius 2 is 2.04 bits per heavy atom. The predicted octanol–water partition coefficient (Wildman–Crippen LogP) is 3.75. The first-order valence-corrected chi connectivity index (χ1v) is 9.95. The maximum Gasteiger partial charge on any atom is 0.154 e. The average Bonchev–Trinajstić information content (AvgIpc) is 2.88. The molecule has 1 aromatic rings. The Morgan fingerprint density at radius 1 is 1.29 bits per heavy atom. The number of halogens is 1. The average molecular weight is 364 g/mol. The van der Waals surface area contributed by atoms with Crippen molar-refractivity contribution in [2.24, 2.45) is 4.99 Å². The highest BCUT2D eigenvalue weighted by atomic mass is 35.5. The summed E-state index contributed by atoms with van der Waals surface area (Å²) >= 11 is 7.97. The highest BCUT2D eigenvalue weighted by molar-refractivity contribution is 7.16. The number of likely N-dealkylation sites (N-methyl/N-ethyl adjacent to an activating group) is 1. The number of aryl methyl sites for hydroxylation is 1. The van der Waals surface area contributed by atoms with Gasteiger partial charge in [-0.15, -0.1) is 11.3 Å². The monoisotopic (exact) mass is 363 g/mol. The van der Waals surface area contributed by atoms with Gasteiger partial charge in [-0.25, -0.2) is 4.99 Å². The van der Waals surface area contributed by atoms with Crippen LogP contribution in [0.3, 0.4) is 0 Å². The van der Waals surface area contributed by atoms with Crippen LogP contribution in [0.5, 0.6) is 0 Å². The van der Waals surface area contributed by atoms with E-state index >= 15 is 0 Å². The molecule has 0 bridgehead atoms. The molecule has 4 nitrogen and oxygen atoms in total. The van der Waals surface area contributed by atoms with Crippen LogP contribution < -0.4 is 5.32 Å². The lowest BCUT2D eigenvalue weighted by Gasteiger charge is -2.41. The second-order valence-corrected chi connectivity index (χ2v) is 8.61. The van der Waals surface area contributed by atoms with Crippen molar-refractivity contribution >= 4 is 33.8 Å². The Kier molecular flexibility index (Phi) is 4.19. The first-order chi connectivity index (χ1) is 11.6. The lowest BCUT2D eigenvalue weighted by Crippen LogP contribution is -2.57. The van der Waals surface area contributed by atoms with E-state index in [-0.39, 0.29) is 0 Å². The van der Waals surface area contributed by atoms with Gasteiger partial charge >= 0.3 is 0 Å². The van der Waals surface area contributed by atoms with E-state index in [0.717, 1.165) is 60.7 Å². The van der Waals surface area contributed by atoms with Gasteiger partial charge in [-0.1, -0.05) is 23.8 Å². The molecular weight excluding hydrogens is 340 g/mol. The van der Waals surface area contributed by atoms with Crippen molar-refractivity contribution in [3.63, 3.8) is 0 Å². The molecule has 0 amide bonds. The Bertz CT molecular complexity index is 738. The molecule has 1 aliphatic carbocycles. The van der Waals surface area contributed by atoms with E-state index in [0.29, 0.717) is 6.00 Å². The molecule has 3 heterocycles. The number of nitrogens with zero attached hydrogens (tertiary/aromatic N) is 3. The lowest BCUT2D eigenvalue weighted by atomic mass is 10.1. The maximum atomic E-state index is 6.16. The number of amidine groups is 1. The number of alkyl halides is 1. The summed E-state index contributed by atoms with van der Waals surface area (Å²) < 4.78 is 0.937. The fourth-order valence-corrected chi connectivity index (χ4v) is 4.63. The molecule has 128 valence electrons. The van der Waals surface area contributed by atoms with Crippen molar-refractivity contribution in [2.75, 3.05) is 44.5 Å². The molecule has 4 rings (SSSR count). The topological polar surface area (TPSA) is 27.6 Å². The summed E-state index contributed by atoms with van der Waals surface area (Å²) in [6.07, 6.45) is 6.70. The summed E-state index contributed by atoms with van der Waals surface area (Å²) in [5.74, 6) is 1.12. The zero-order chi connectivity index (χ0) is 16.7. The van der Waals surface area contributed by atoms with Crippen molar-refractivity contribution in [1.82, 2.24) is 4.90 Å². The zero-order valence-electron chi connectivity index (χ0n) is 14.3. The number of allylic oxidation sites excluding steroid dienone is 2. The minimum Gasteiger partial charge on any atom is -0.345 e. The summed E-state index contributed by atoms with van der Waals surface area (Å²) in [4.78, 5) is 8.85. The van der Waals surface area contributed by atoms with Gasteiger partial charge in [-0.2, -0.15) is 0 Å². The molecule has 0 saturated carbocycles. The normalized spacial score (nSPS) is 22.5. The molecule has 6 heteroatoms. The van der Waals surface area contributed by atoms with E-state index in [1.54, 1.807) is 0 Å². The third kappa shape index (κ3) is 2.89. The van der Waals surface area contributed by atoms with Crippen molar-refractivity contribution < 1.29 is 4.48 Å². The number of hydrogen-bond acceptors (Lipinski definition) is 4. The summed E-state index contributed by atoms with van der Waals surface area (Å²) in [7, 11) is 2.24. The highest BCUT2D eigenvalue weighted by Gasteiger charge is 2.32. The number of aliphatic imine (C=N–C) groups is 1. The van der Waals surface area contributed by atoms with Gasteiger partial charge in [-0.3, -0.25) is 0 Å². The van der Waals surface area contributed by atoms with E-state index in [4.69, 9.17) is 16.6 Å². The first kappa shape index (κ1) is 16.2. The maximum absolute atomic E-state index is 6.16. The van der Waals surface area contributed by atoms with E-state index in [1.807, 2.05) is 11.3 Å². The molecule has 0 aromatic carbocycles. The van der Waals surface area contributed by atoms with Gasteiger partial charge in [0.15, 0.2) is 6.00 Å². The Labute approximate surface area is 152 Å². The molecule has 1 fully saturated rings. The van der Waals surface area contributed by atoms with Gasteiger partial charge in [-0.05, 0) is 25.8 Å². The van der Waals surface area contributed by atoms with Crippen LogP contribution in [0.2, 0.25) is 0 Å². The Hall–Kier alpha value is -1.30. The molecule has 1 N–H and O–H groups in total. The lowest BCUT2D eigenvalue weighted by molar-refractivity contribution is -0.902. The van der Waals surface area contributed by atoms with Gasteiger partial charge in [0.1, 0.15) is 10.8 Å².